The smallest absolute Gasteiger partial charge is 0.278 e. The lowest BCUT2D eigenvalue weighted by Crippen LogP contribution is -2.64. The minimum atomic E-state index is -1.97. The molecule has 0 radical (unpaired) electrons. The van der Waals surface area contributed by atoms with Crippen LogP contribution in [0.3, 0.4) is 0 Å². The molecule has 1 unspecified atom stereocenters. The first kappa shape index (κ1) is 24.6. The van der Waals surface area contributed by atoms with Crippen molar-refractivity contribution >= 4 is 17.7 Å². The third-order valence-corrected chi connectivity index (χ3v) is 5.12. The summed E-state index contributed by atoms with van der Waals surface area (Å²) in [6, 6.07) is 12.8. The van der Waals surface area contributed by atoms with Crippen LogP contribution in [0.4, 0.5) is 0 Å². The Labute approximate surface area is 185 Å². The number of hydrogen-bond acceptors (Lipinski definition) is 6. The van der Waals surface area contributed by atoms with E-state index in [-0.39, 0.29) is 5.56 Å². The van der Waals surface area contributed by atoms with E-state index in [0.29, 0.717) is 16.7 Å². The maximum absolute atomic E-state index is 12.8. The number of likely N-dealkylation sites (N-methyl/N-ethyl adjacent to an activating group) is 2. The van der Waals surface area contributed by atoms with Crippen molar-refractivity contribution in [1.29, 1.82) is 0 Å². The normalized spacial score (nSPS) is 13.1. The van der Waals surface area contributed by atoms with Crippen LogP contribution in [0.25, 0.3) is 0 Å². The molecule has 0 fully saturated rings. The Morgan fingerprint density at radius 3 is 1.97 bits per heavy atom. The zero-order valence-corrected chi connectivity index (χ0v) is 17.9. The third-order valence-electron chi connectivity index (χ3n) is 5.12. The molecule has 2 atom stereocenters. The minimum Gasteiger partial charge on any atom is -0.847 e. The summed E-state index contributed by atoms with van der Waals surface area (Å²) in [6.45, 7) is 0.744. The lowest BCUT2D eigenvalue weighted by Gasteiger charge is -2.34. The predicted octanol–water partition coefficient (Wildman–Crippen LogP) is -0.438. The van der Waals surface area contributed by atoms with Crippen LogP contribution in [0.5, 0.6) is 0 Å². The lowest BCUT2D eigenvalue weighted by atomic mass is 9.96. The molecule has 0 heterocycles. The van der Waals surface area contributed by atoms with Gasteiger partial charge in [-0.1, -0.05) is 35.6 Å². The summed E-state index contributed by atoms with van der Waals surface area (Å²) in [5.41, 5.74) is 1.44. The van der Waals surface area contributed by atoms with Crippen LogP contribution in [-0.2, 0) is 9.59 Å². The van der Waals surface area contributed by atoms with E-state index in [2.05, 4.69) is 17.2 Å². The van der Waals surface area contributed by atoms with Gasteiger partial charge in [-0.3, -0.25) is 19.6 Å². The maximum atomic E-state index is 12.8. The molecule has 168 valence electrons. The number of aliphatic hydroxyl groups is 1. The zero-order chi connectivity index (χ0) is 23.9. The number of carbonyl (C=O) groups excluding carboxylic acids is 3. The first-order valence-electron chi connectivity index (χ1n) is 9.62. The van der Waals surface area contributed by atoms with Crippen molar-refractivity contribution in [1.82, 2.24) is 15.7 Å². The molecule has 9 heteroatoms. The molecular weight excluding hydrogens is 414 g/mol. The Balaban J connectivity index is 2.20. The molecular formula is C23H24N3O6-. The van der Waals surface area contributed by atoms with E-state index < -0.39 is 36.0 Å². The average molecular weight is 438 g/mol. The molecule has 32 heavy (non-hydrogen) atoms. The molecule has 0 spiro atoms. The Morgan fingerprint density at radius 2 is 1.53 bits per heavy atom. The Hall–Kier alpha value is -3.71. The van der Waals surface area contributed by atoms with Gasteiger partial charge in [0.1, 0.15) is 0 Å². The Kier molecular flexibility index (Phi) is 8.09. The Morgan fingerprint density at radius 1 is 1.03 bits per heavy atom. The number of nitrogens with zero attached hydrogens (tertiary/aromatic N) is 1. The van der Waals surface area contributed by atoms with Crippen molar-refractivity contribution in [3.63, 3.8) is 0 Å². The fourth-order valence-electron chi connectivity index (χ4n) is 2.88. The topological polar surface area (TPSA) is 142 Å². The van der Waals surface area contributed by atoms with Gasteiger partial charge in [0.15, 0.2) is 5.54 Å². The van der Waals surface area contributed by atoms with E-state index in [1.54, 1.807) is 36.4 Å². The van der Waals surface area contributed by atoms with Crippen molar-refractivity contribution < 1.29 is 29.8 Å². The van der Waals surface area contributed by atoms with E-state index in [1.807, 2.05) is 0 Å². The van der Waals surface area contributed by atoms with Gasteiger partial charge in [-0.15, -0.1) is 0 Å². The highest BCUT2D eigenvalue weighted by atomic mass is 16.5. The SMILES string of the molecule is CNC(=O)[C@@](C)(C(=O)NO)N(C)C(=O)c1ccc(C#Cc2ccc(C([O-])CO)cc2)cc1. The van der Waals surface area contributed by atoms with Gasteiger partial charge in [-0.2, -0.15) is 0 Å². The van der Waals surface area contributed by atoms with Gasteiger partial charge in [0.05, 0.1) is 0 Å². The first-order chi connectivity index (χ1) is 15.2. The van der Waals surface area contributed by atoms with Crippen LogP contribution in [0, 0.1) is 11.8 Å². The molecule has 3 amide bonds. The predicted molar refractivity (Wildman–Crippen MR) is 113 cm³/mol. The monoisotopic (exact) mass is 438 g/mol. The van der Waals surface area contributed by atoms with E-state index in [9.17, 15) is 19.5 Å². The second kappa shape index (κ2) is 10.5. The van der Waals surface area contributed by atoms with Gasteiger partial charge in [0.2, 0.25) is 0 Å². The molecule has 2 rings (SSSR count). The van der Waals surface area contributed by atoms with Gasteiger partial charge in [-0.25, -0.2) is 5.48 Å². The van der Waals surface area contributed by atoms with Crippen LogP contribution in [-0.4, -0.2) is 59.2 Å². The average Bonchev–Trinajstić information content (AvgIpc) is 2.85. The summed E-state index contributed by atoms with van der Waals surface area (Å²) in [6.07, 6.45) is -1.19. The summed E-state index contributed by atoms with van der Waals surface area (Å²) >= 11 is 0. The second-order valence-electron chi connectivity index (χ2n) is 7.08. The highest BCUT2D eigenvalue weighted by Crippen LogP contribution is 2.18. The Bertz CT molecular complexity index is 1020. The fourth-order valence-corrected chi connectivity index (χ4v) is 2.88. The van der Waals surface area contributed by atoms with Crippen molar-refractivity contribution in [3.8, 4) is 11.8 Å². The minimum absolute atomic E-state index is 0.216. The summed E-state index contributed by atoms with van der Waals surface area (Å²) < 4.78 is 0. The van der Waals surface area contributed by atoms with Gasteiger partial charge >= 0.3 is 0 Å². The van der Waals surface area contributed by atoms with E-state index >= 15 is 0 Å². The number of hydrogen-bond donors (Lipinski definition) is 4. The molecule has 0 saturated carbocycles. The number of nitrogens with one attached hydrogen (secondary N) is 2. The fraction of sp³-hybridized carbons (Fsp3) is 0.261. The molecule has 0 aliphatic rings. The second-order valence-corrected chi connectivity index (χ2v) is 7.08. The van der Waals surface area contributed by atoms with Crippen molar-refractivity contribution in [2.24, 2.45) is 0 Å². The number of aliphatic hydroxyl groups excluding tert-OH is 1. The van der Waals surface area contributed by atoms with E-state index in [1.165, 1.54) is 38.6 Å². The summed E-state index contributed by atoms with van der Waals surface area (Å²) in [4.78, 5) is 38.1. The van der Waals surface area contributed by atoms with Gasteiger partial charge in [0.25, 0.3) is 17.7 Å². The lowest BCUT2D eigenvalue weighted by molar-refractivity contribution is -0.432. The van der Waals surface area contributed by atoms with Crippen LogP contribution in [0.2, 0.25) is 0 Å². The zero-order valence-electron chi connectivity index (χ0n) is 17.9. The van der Waals surface area contributed by atoms with E-state index in [0.717, 1.165) is 4.90 Å². The highest BCUT2D eigenvalue weighted by Gasteiger charge is 2.47. The molecule has 4 N–H and O–H groups in total. The molecule has 0 aliphatic heterocycles. The summed E-state index contributed by atoms with van der Waals surface area (Å²) in [5.74, 6) is 3.46. The van der Waals surface area contributed by atoms with Crippen molar-refractivity contribution in [3.05, 3.63) is 70.8 Å². The largest absolute Gasteiger partial charge is 0.847 e. The standard InChI is InChI=1S/C23H24N3O6/c1-23(21(30)24-2,22(31)25-32)26(3)20(29)18-12-8-16(9-13-18)5-4-15-6-10-17(11-7-15)19(28)14-27/h6-13,19,27,32H,14H2,1-3H3,(H,24,30)(H,25,31)/q-1/t19?,23-/m0/s1. The van der Waals surface area contributed by atoms with Gasteiger partial charge in [-0.05, 0) is 43.3 Å². The molecule has 0 aliphatic carbocycles. The number of hydroxylamine groups is 1. The molecule has 0 aromatic heterocycles. The molecule has 0 bridgehead atoms. The molecule has 9 nitrogen and oxygen atoms in total. The van der Waals surface area contributed by atoms with Crippen LogP contribution in [0.15, 0.2) is 48.5 Å². The summed E-state index contributed by atoms with van der Waals surface area (Å²) in [5, 5.41) is 31.7. The highest BCUT2D eigenvalue weighted by molar-refractivity contribution is 6.12. The third kappa shape index (κ3) is 5.12. The van der Waals surface area contributed by atoms with Gasteiger partial charge in [0, 0.05) is 37.4 Å². The van der Waals surface area contributed by atoms with Crippen LogP contribution < -0.4 is 15.9 Å². The quantitative estimate of drug-likeness (QED) is 0.209. The van der Waals surface area contributed by atoms with Crippen molar-refractivity contribution in [2.75, 3.05) is 20.7 Å². The molecule has 2 aromatic rings. The van der Waals surface area contributed by atoms with Crippen LogP contribution >= 0.6 is 0 Å². The van der Waals surface area contributed by atoms with E-state index in [4.69, 9.17) is 10.3 Å². The number of rotatable bonds is 6. The molecule has 0 saturated heterocycles. The van der Waals surface area contributed by atoms with Crippen LogP contribution in [0.1, 0.15) is 40.1 Å². The van der Waals surface area contributed by atoms with Crippen molar-refractivity contribution in [2.45, 2.75) is 18.6 Å². The number of carbonyl (C=O) groups is 3. The summed E-state index contributed by atoms with van der Waals surface area (Å²) in [7, 11) is 2.60. The molecule has 2 aromatic carbocycles. The number of amides is 3. The first-order valence-corrected chi connectivity index (χ1v) is 9.62. The van der Waals surface area contributed by atoms with Gasteiger partial charge < -0.3 is 20.4 Å². The number of benzene rings is 2. The maximum Gasteiger partial charge on any atom is 0.278 e.